The zero-order chi connectivity index (χ0) is 21.9. The lowest BCUT2D eigenvalue weighted by molar-refractivity contribution is -0.109. The third-order valence-electron chi connectivity index (χ3n) is 5.30. The monoisotopic (exact) mass is 420 g/mol. The second-order valence-corrected chi connectivity index (χ2v) is 7.44. The summed E-state index contributed by atoms with van der Waals surface area (Å²) in [5.41, 5.74) is 3.58. The van der Waals surface area contributed by atoms with Crippen LogP contribution in [0.5, 0.6) is 11.5 Å². The molecule has 4 heteroatoms. The molecule has 0 amide bonds. The molecule has 31 heavy (non-hydrogen) atoms. The van der Waals surface area contributed by atoms with Gasteiger partial charge in [0, 0.05) is 20.6 Å². The van der Waals surface area contributed by atoms with Crippen LogP contribution in [-0.2, 0) is 22.5 Å². The van der Waals surface area contributed by atoms with Crippen molar-refractivity contribution in [1.82, 2.24) is 0 Å². The number of ether oxygens (including phenoxy) is 4. The van der Waals surface area contributed by atoms with E-state index in [4.69, 9.17) is 18.9 Å². The van der Waals surface area contributed by atoms with Crippen LogP contribution in [0.25, 0.3) is 0 Å². The van der Waals surface area contributed by atoms with Crippen LogP contribution in [0, 0.1) is 0 Å². The van der Waals surface area contributed by atoms with Gasteiger partial charge in [-0.25, -0.2) is 0 Å². The Morgan fingerprint density at radius 2 is 1.35 bits per heavy atom. The van der Waals surface area contributed by atoms with Gasteiger partial charge in [-0.05, 0) is 48.1 Å². The van der Waals surface area contributed by atoms with Crippen molar-refractivity contribution in [2.45, 2.75) is 38.6 Å². The molecule has 1 unspecified atom stereocenters. The molecule has 0 bridgehead atoms. The lowest BCUT2D eigenvalue weighted by Crippen LogP contribution is -2.18. The van der Waals surface area contributed by atoms with E-state index < -0.39 is 0 Å². The number of hydrogen-bond donors (Lipinski definition) is 0. The molecule has 0 radical (unpaired) electrons. The minimum atomic E-state index is -0.265. The molecule has 3 aromatic carbocycles. The summed E-state index contributed by atoms with van der Waals surface area (Å²) in [6.07, 6.45) is 1.37. The van der Waals surface area contributed by atoms with Crippen LogP contribution in [-0.4, -0.2) is 27.1 Å². The van der Waals surface area contributed by atoms with Crippen molar-refractivity contribution in [3.05, 3.63) is 95.6 Å². The maximum Gasteiger partial charge on any atom is 0.161 e. The van der Waals surface area contributed by atoms with E-state index in [1.807, 2.05) is 37.3 Å². The number of methoxy groups -OCH3 is 2. The van der Waals surface area contributed by atoms with Crippen LogP contribution in [0.1, 0.15) is 36.0 Å². The van der Waals surface area contributed by atoms with E-state index in [0.717, 1.165) is 29.9 Å². The van der Waals surface area contributed by atoms with Crippen molar-refractivity contribution in [3.63, 3.8) is 0 Å². The Kier molecular flexibility index (Phi) is 8.95. The predicted octanol–water partition coefficient (Wildman–Crippen LogP) is 6.00. The van der Waals surface area contributed by atoms with Crippen LogP contribution < -0.4 is 9.47 Å². The average molecular weight is 421 g/mol. The normalized spacial score (nSPS) is 12.0. The van der Waals surface area contributed by atoms with Gasteiger partial charge in [0.2, 0.25) is 0 Å². The van der Waals surface area contributed by atoms with Crippen molar-refractivity contribution in [3.8, 4) is 11.5 Å². The summed E-state index contributed by atoms with van der Waals surface area (Å²) in [7, 11) is 3.36. The van der Waals surface area contributed by atoms with E-state index in [-0.39, 0.29) is 12.2 Å². The highest BCUT2D eigenvalue weighted by Crippen LogP contribution is 2.35. The van der Waals surface area contributed by atoms with Gasteiger partial charge in [-0.15, -0.1) is 0 Å². The standard InChI is InChI=1S/C27H32O4/c1-4-30-26-18-23(15-16-25(26)31-20-22-13-9-6-10-14-22)24(19-27(28-2)29-3)17-21-11-7-5-8-12-21/h5-16,18,24,27H,4,17,19-20H2,1-3H3. The van der Waals surface area contributed by atoms with Gasteiger partial charge < -0.3 is 18.9 Å². The maximum absolute atomic E-state index is 6.08. The Morgan fingerprint density at radius 1 is 0.710 bits per heavy atom. The molecule has 0 N–H and O–H groups in total. The van der Waals surface area contributed by atoms with Gasteiger partial charge in [-0.2, -0.15) is 0 Å². The van der Waals surface area contributed by atoms with E-state index in [2.05, 4.69) is 48.5 Å². The van der Waals surface area contributed by atoms with Crippen molar-refractivity contribution >= 4 is 0 Å². The first-order chi connectivity index (χ1) is 15.2. The molecule has 0 aromatic heterocycles. The molecular weight excluding hydrogens is 388 g/mol. The van der Waals surface area contributed by atoms with Crippen molar-refractivity contribution < 1.29 is 18.9 Å². The Hall–Kier alpha value is -2.82. The molecule has 0 aliphatic carbocycles. The molecule has 0 fully saturated rings. The van der Waals surface area contributed by atoms with E-state index >= 15 is 0 Å². The minimum absolute atomic E-state index is 0.217. The molecule has 4 nitrogen and oxygen atoms in total. The second-order valence-electron chi connectivity index (χ2n) is 7.44. The largest absolute Gasteiger partial charge is 0.490 e. The number of hydrogen-bond acceptors (Lipinski definition) is 4. The molecule has 0 aliphatic rings. The van der Waals surface area contributed by atoms with Crippen LogP contribution >= 0.6 is 0 Å². The van der Waals surface area contributed by atoms with Gasteiger partial charge in [0.25, 0.3) is 0 Å². The van der Waals surface area contributed by atoms with Gasteiger partial charge in [0.1, 0.15) is 6.61 Å². The highest BCUT2D eigenvalue weighted by molar-refractivity contribution is 5.44. The molecule has 0 spiro atoms. The van der Waals surface area contributed by atoms with Gasteiger partial charge in [0.15, 0.2) is 17.8 Å². The first kappa shape index (κ1) is 22.9. The molecule has 1 atom stereocenters. The lowest BCUT2D eigenvalue weighted by atomic mass is 9.88. The number of benzene rings is 3. The van der Waals surface area contributed by atoms with E-state index in [1.165, 1.54) is 11.1 Å². The summed E-state index contributed by atoms with van der Waals surface area (Å²) in [5.74, 6) is 1.73. The van der Waals surface area contributed by atoms with Crippen LogP contribution in [0.3, 0.4) is 0 Å². The zero-order valence-corrected chi connectivity index (χ0v) is 18.6. The summed E-state index contributed by atoms with van der Waals surface area (Å²) in [5, 5.41) is 0. The zero-order valence-electron chi connectivity index (χ0n) is 18.6. The van der Waals surface area contributed by atoms with Crippen molar-refractivity contribution in [1.29, 1.82) is 0 Å². The quantitative estimate of drug-likeness (QED) is 0.337. The number of rotatable bonds is 12. The van der Waals surface area contributed by atoms with Crippen LogP contribution in [0.4, 0.5) is 0 Å². The van der Waals surface area contributed by atoms with E-state index in [0.29, 0.717) is 13.2 Å². The summed E-state index contributed by atoms with van der Waals surface area (Å²) >= 11 is 0. The summed E-state index contributed by atoms with van der Waals surface area (Å²) < 4.78 is 23.0. The first-order valence-corrected chi connectivity index (χ1v) is 10.8. The third-order valence-corrected chi connectivity index (χ3v) is 5.30. The van der Waals surface area contributed by atoms with Gasteiger partial charge in [0.05, 0.1) is 6.61 Å². The first-order valence-electron chi connectivity index (χ1n) is 10.8. The molecule has 3 rings (SSSR count). The highest BCUT2D eigenvalue weighted by atomic mass is 16.7. The van der Waals surface area contributed by atoms with E-state index in [1.54, 1.807) is 14.2 Å². The van der Waals surface area contributed by atoms with Crippen molar-refractivity contribution in [2.24, 2.45) is 0 Å². The minimum Gasteiger partial charge on any atom is -0.490 e. The molecule has 164 valence electrons. The molecular formula is C27H32O4. The highest BCUT2D eigenvalue weighted by Gasteiger charge is 2.20. The fraction of sp³-hybridized carbons (Fsp3) is 0.333. The predicted molar refractivity (Wildman–Crippen MR) is 124 cm³/mol. The molecule has 0 saturated heterocycles. The summed E-state index contributed by atoms with van der Waals surface area (Å²) in [4.78, 5) is 0. The second kappa shape index (κ2) is 12.1. The van der Waals surface area contributed by atoms with E-state index in [9.17, 15) is 0 Å². The third kappa shape index (κ3) is 6.84. The maximum atomic E-state index is 6.08. The van der Waals surface area contributed by atoms with Crippen molar-refractivity contribution in [2.75, 3.05) is 20.8 Å². The summed E-state index contributed by atoms with van der Waals surface area (Å²) in [6, 6.07) is 26.9. The topological polar surface area (TPSA) is 36.9 Å². The summed E-state index contributed by atoms with van der Waals surface area (Å²) in [6.45, 7) is 3.07. The Balaban J connectivity index is 1.83. The Labute approximate surface area is 185 Å². The van der Waals surface area contributed by atoms with Gasteiger partial charge >= 0.3 is 0 Å². The molecule has 0 heterocycles. The fourth-order valence-electron chi connectivity index (χ4n) is 3.66. The Bertz CT molecular complexity index is 892. The molecule has 0 saturated carbocycles. The smallest absolute Gasteiger partial charge is 0.161 e. The van der Waals surface area contributed by atoms with Gasteiger partial charge in [-0.3, -0.25) is 0 Å². The Morgan fingerprint density at radius 3 is 1.97 bits per heavy atom. The molecule has 0 aliphatic heterocycles. The van der Waals surface area contributed by atoms with Crippen LogP contribution in [0.2, 0.25) is 0 Å². The average Bonchev–Trinajstić information content (AvgIpc) is 2.82. The lowest BCUT2D eigenvalue weighted by Gasteiger charge is -2.23. The van der Waals surface area contributed by atoms with Crippen LogP contribution in [0.15, 0.2) is 78.9 Å². The fourth-order valence-corrected chi connectivity index (χ4v) is 3.66. The van der Waals surface area contributed by atoms with Gasteiger partial charge in [-0.1, -0.05) is 66.7 Å². The molecule has 3 aromatic rings. The SMILES string of the molecule is CCOc1cc(C(Cc2ccccc2)CC(OC)OC)ccc1OCc1ccccc1.